The molecule has 7 nitrogen and oxygen atoms in total. The van der Waals surface area contributed by atoms with Gasteiger partial charge in [0.25, 0.3) is 0 Å². The fourth-order valence-corrected chi connectivity index (χ4v) is 3.14. The molecule has 0 radical (unpaired) electrons. The standard InChI is InChI=1S/C23H28N2O5/c1-23(2,3)30-22(27)25(4)12-8-11-21(26)24-17-14-19-16(13-20(17)28-5)15-9-6-7-10-18(15)29-19/h6-7,9-10,13-14H,8,11-12H2,1-5H3,(H,24,26). The van der Waals surface area contributed by atoms with Gasteiger partial charge in [0.15, 0.2) is 0 Å². The molecule has 0 aliphatic rings. The minimum Gasteiger partial charge on any atom is -0.495 e. The quantitative estimate of drug-likeness (QED) is 0.603. The zero-order chi connectivity index (χ0) is 21.9. The van der Waals surface area contributed by atoms with Crippen LogP contribution in [0.4, 0.5) is 10.5 Å². The molecule has 0 saturated heterocycles. The minimum atomic E-state index is -0.547. The lowest BCUT2D eigenvalue weighted by Gasteiger charge is -2.24. The van der Waals surface area contributed by atoms with Gasteiger partial charge in [-0.2, -0.15) is 0 Å². The number of benzene rings is 2. The Morgan fingerprint density at radius 3 is 2.53 bits per heavy atom. The largest absolute Gasteiger partial charge is 0.495 e. The average Bonchev–Trinajstić information content (AvgIpc) is 3.03. The molecule has 1 heterocycles. The van der Waals surface area contributed by atoms with Crippen molar-refractivity contribution in [1.29, 1.82) is 0 Å². The summed E-state index contributed by atoms with van der Waals surface area (Å²) in [7, 11) is 3.22. The fraction of sp³-hybridized carbons (Fsp3) is 0.391. The van der Waals surface area contributed by atoms with Crippen LogP contribution in [0.3, 0.4) is 0 Å². The summed E-state index contributed by atoms with van der Waals surface area (Å²) in [5.41, 5.74) is 1.46. The van der Waals surface area contributed by atoms with Gasteiger partial charge < -0.3 is 24.1 Å². The van der Waals surface area contributed by atoms with Crippen LogP contribution in [0.2, 0.25) is 0 Å². The maximum Gasteiger partial charge on any atom is 0.410 e. The maximum atomic E-state index is 12.4. The number of carbonyl (C=O) groups is 2. The Labute approximate surface area is 175 Å². The van der Waals surface area contributed by atoms with E-state index >= 15 is 0 Å². The molecule has 30 heavy (non-hydrogen) atoms. The molecule has 0 spiro atoms. The second kappa shape index (κ2) is 8.65. The lowest BCUT2D eigenvalue weighted by atomic mass is 10.1. The van der Waals surface area contributed by atoms with Gasteiger partial charge in [-0.1, -0.05) is 18.2 Å². The van der Waals surface area contributed by atoms with Crippen molar-refractivity contribution in [2.45, 2.75) is 39.2 Å². The van der Waals surface area contributed by atoms with Crippen molar-refractivity contribution in [3.63, 3.8) is 0 Å². The van der Waals surface area contributed by atoms with E-state index in [0.29, 0.717) is 30.0 Å². The van der Waals surface area contributed by atoms with Crippen molar-refractivity contribution in [2.24, 2.45) is 0 Å². The number of nitrogens with zero attached hydrogens (tertiary/aromatic N) is 1. The SMILES string of the molecule is COc1cc2c(cc1NC(=O)CCCN(C)C(=O)OC(C)(C)C)oc1ccccc12. The summed E-state index contributed by atoms with van der Waals surface area (Å²) in [6, 6.07) is 11.4. The molecule has 2 amide bonds. The fourth-order valence-electron chi connectivity index (χ4n) is 3.14. The zero-order valence-electron chi connectivity index (χ0n) is 18.1. The highest BCUT2D eigenvalue weighted by molar-refractivity contribution is 6.07. The zero-order valence-corrected chi connectivity index (χ0v) is 18.1. The van der Waals surface area contributed by atoms with Crippen molar-refractivity contribution in [2.75, 3.05) is 26.0 Å². The Morgan fingerprint density at radius 2 is 1.83 bits per heavy atom. The van der Waals surface area contributed by atoms with Gasteiger partial charge in [0.1, 0.15) is 22.5 Å². The lowest BCUT2D eigenvalue weighted by molar-refractivity contribution is -0.116. The Balaban J connectivity index is 1.63. The van der Waals surface area contributed by atoms with Gasteiger partial charge in [0.05, 0.1) is 12.8 Å². The van der Waals surface area contributed by atoms with E-state index < -0.39 is 11.7 Å². The number of nitrogens with one attached hydrogen (secondary N) is 1. The highest BCUT2D eigenvalue weighted by Crippen LogP contribution is 2.36. The highest BCUT2D eigenvalue weighted by Gasteiger charge is 2.19. The summed E-state index contributed by atoms with van der Waals surface area (Å²) in [4.78, 5) is 25.9. The summed E-state index contributed by atoms with van der Waals surface area (Å²) >= 11 is 0. The van der Waals surface area contributed by atoms with Crippen LogP contribution in [0.5, 0.6) is 5.75 Å². The number of hydrogen-bond donors (Lipinski definition) is 1. The van der Waals surface area contributed by atoms with Crippen molar-refractivity contribution in [1.82, 2.24) is 4.90 Å². The van der Waals surface area contributed by atoms with Crippen LogP contribution < -0.4 is 10.1 Å². The molecule has 0 fully saturated rings. The van der Waals surface area contributed by atoms with Crippen LogP contribution in [-0.2, 0) is 9.53 Å². The molecule has 3 rings (SSSR count). The molecule has 2 aromatic carbocycles. The molecule has 3 aromatic rings. The predicted molar refractivity (Wildman–Crippen MR) is 117 cm³/mol. The first-order valence-electron chi connectivity index (χ1n) is 9.91. The van der Waals surface area contributed by atoms with E-state index in [1.807, 2.05) is 51.1 Å². The van der Waals surface area contributed by atoms with Crippen LogP contribution in [-0.4, -0.2) is 43.2 Å². The first-order chi connectivity index (χ1) is 14.2. The number of amides is 2. The predicted octanol–water partition coefficient (Wildman–Crippen LogP) is 5.18. The van der Waals surface area contributed by atoms with E-state index in [-0.39, 0.29) is 12.3 Å². The average molecular weight is 412 g/mol. The van der Waals surface area contributed by atoms with Crippen molar-refractivity contribution >= 4 is 39.6 Å². The van der Waals surface area contributed by atoms with E-state index in [1.54, 1.807) is 20.2 Å². The summed E-state index contributed by atoms with van der Waals surface area (Å²) in [6.07, 6.45) is 0.366. The number of methoxy groups -OCH3 is 1. The number of ether oxygens (including phenoxy) is 2. The van der Waals surface area contributed by atoms with E-state index in [4.69, 9.17) is 13.9 Å². The van der Waals surface area contributed by atoms with Gasteiger partial charge in [-0.15, -0.1) is 0 Å². The molecule has 7 heteroatoms. The van der Waals surface area contributed by atoms with E-state index in [2.05, 4.69) is 5.32 Å². The molecule has 1 N–H and O–H groups in total. The van der Waals surface area contributed by atoms with E-state index in [9.17, 15) is 9.59 Å². The minimum absolute atomic E-state index is 0.165. The number of hydrogen-bond acceptors (Lipinski definition) is 5. The monoisotopic (exact) mass is 412 g/mol. The van der Waals surface area contributed by atoms with Gasteiger partial charge in [-0.05, 0) is 39.3 Å². The maximum absolute atomic E-state index is 12.4. The van der Waals surface area contributed by atoms with E-state index in [0.717, 1.165) is 16.4 Å². The first kappa shape index (κ1) is 21.5. The molecular formula is C23H28N2O5. The molecule has 0 unspecified atom stereocenters. The number of para-hydroxylation sites is 1. The lowest BCUT2D eigenvalue weighted by Crippen LogP contribution is -2.35. The molecular weight excluding hydrogens is 384 g/mol. The summed E-state index contributed by atoms with van der Waals surface area (Å²) in [6.45, 7) is 5.87. The van der Waals surface area contributed by atoms with Crippen LogP contribution in [0.1, 0.15) is 33.6 Å². The van der Waals surface area contributed by atoms with Crippen LogP contribution >= 0.6 is 0 Å². The van der Waals surface area contributed by atoms with E-state index in [1.165, 1.54) is 4.90 Å². The third kappa shape index (κ3) is 5.03. The highest BCUT2D eigenvalue weighted by atomic mass is 16.6. The first-order valence-corrected chi connectivity index (χ1v) is 9.91. The van der Waals surface area contributed by atoms with Gasteiger partial charge >= 0.3 is 6.09 Å². The number of carbonyl (C=O) groups excluding carboxylic acids is 2. The summed E-state index contributed by atoms with van der Waals surface area (Å²) in [5, 5.41) is 4.80. The van der Waals surface area contributed by atoms with Crippen LogP contribution in [0, 0.1) is 0 Å². The van der Waals surface area contributed by atoms with Gasteiger partial charge in [0, 0.05) is 36.9 Å². The Bertz CT molecular complexity index is 1060. The smallest absolute Gasteiger partial charge is 0.410 e. The third-order valence-electron chi connectivity index (χ3n) is 4.58. The molecule has 160 valence electrons. The van der Waals surface area contributed by atoms with Gasteiger partial charge in [0.2, 0.25) is 5.91 Å². The normalized spacial score (nSPS) is 11.5. The van der Waals surface area contributed by atoms with Crippen molar-refractivity contribution < 1.29 is 23.5 Å². The molecule has 0 bridgehead atoms. The molecule has 0 aliphatic heterocycles. The van der Waals surface area contributed by atoms with Gasteiger partial charge in [-0.25, -0.2) is 4.79 Å². The van der Waals surface area contributed by atoms with Crippen molar-refractivity contribution in [3.8, 4) is 5.75 Å². The Morgan fingerprint density at radius 1 is 1.10 bits per heavy atom. The van der Waals surface area contributed by atoms with Gasteiger partial charge in [-0.3, -0.25) is 4.79 Å². The van der Waals surface area contributed by atoms with Crippen LogP contribution in [0.15, 0.2) is 40.8 Å². The van der Waals surface area contributed by atoms with Crippen LogP contribution in [0.25, 0.3) is 21.9 Å². The third-order valence-corrected chi connectivity index (χ3v) is 4.58. The second-order valence-electron chi connectivity index (χ2n) is 8.20. The number of furan rings is 1. The second-order valence-corrected chi connectivity index (χ2v) is 8.20. The number of rotatable bonds is 6. The Kier molecular flexibility index (Phi) is 6.20. The number of anilines is 1. The molecule has 0 saturated carbocycles. The summed E-state index contributed by atoms with van der Waals surface area (Å²) < 4.78 is 16.7. The Hall–Kier alpha value is -3.22. The number of fused-ring (bicyclic) bond motifs is 3. The molecule has 0 aliphatic carbocycles. The summed E-state index contributed by atoms with van der Waals surface area (Å²) in [5.74, 6) is 0.398. The molecule has 0 atom stereocenters. The van der Waals surface area contributed by atoms with Crippen molar-refractivity contribution in [3.05, 3.63) is 36.4 Å². The molecule has 1 aromatic heterocycles. The topological polar surface area (TPSA) is 81.0 Å².